The average molecular weight is 210 g/mol. The van der Waals surface area contributed by atoms with Gasteiger partial charge in [-0.2, -0.15) is 0 Å². The first-order valence-electron chi connectivity index (χ1n) is 1.97. The summed E-state index contributed by atoms with van der Waals surface area (Å²) in [5.41, 5.74) is 0. The van der Waals surface area contributed by atoms with Gasteiger partial charge in [0, 0.05) is 0 Å². The molecule has 0 heterocycles. The number of carbonyl (C=O) groups excluding carboxylic acids is 1. The van der Waals surface area contributed by atoms with Crippen LogP contribution in [0, 0.1) is 0 Å². The van der Waals surface area contributed by atoms with Crippen molar-refractivity contribution in [2.45, 2.75) is 13.8 Å². The minimum atomic E-state index is 0.118. The molecule has 40 valence electrons. The first kappa shape index (κ1) is 7.14. The third kappa shape index (κ3) is 6.14. The van der Waals surface area contributed by atoms with Crippen LogP contribution >= 0.6 is 22.6 Å². The second-order valence-electron chi connectivity index (χ2n) is 1.34. The molecule has 0 aromatic carbocycles. The zero-order valence-electron chi connectivity index (χ0n) is 4.36. The van der Waals surface area contributed by atoms with Crippen LogP contribution in [0.3, 0.4) is 0 Å². The molecule has 0 bridgehead atoms. The van der Waals surface area contributed by atoms with Crippen molar-refractivity contribution >= 4 is 28.4 Å². The Labute approximate surface area is 56.9 Å². The Morgan fingerprint density at radius 1 is 1.57 bits per heavy atom. The van der Waals surface area contributed by atoms with E-state index in [1.807, 2.05) is 6.92 Å². The van der Waals surface area contributed by atoms with E-state index in [-0.39, 0.29) is 5.78 Å². The van der Waals surface area contributed by atoms with Crippen LogP contribution < -0.4 is 0 Å². The molecule has 0 unspecified atom stereocenters. The summed E-state index contributed by atoms with van der Waals surface area (Å²) < 4.78 is 1.03. The summed E-state index contributed by atoms with van der Waals surface area (Å²) in [7, 11) is 0. The van der Waals surface area contributed by atoms with Gasteiger partial charge in [0.25, 0.3) is 0 Å². The highest BCUT2D eigenvalue weighted by molar-refractivity contribution is 14.1. The van der Waals surface area contributed by atoms with Crippen molar-refractivity contribution in [2.24, 2.45) is 0 Å². The molecule has 0 atom stereocenters. The number of ketones is 1. The Morgan fingerprint density at radius 3 is 2.00 bits per heavy atom. The van der Waals surface area contributed by atoms with Crippen molar-refractivity contribution in [3.05, 3.63) is 9.66 Å². The van der Waals surface area contributed by atoms with Crippen LogP contribution in [0.1, 0.15) is 13.8 Å². The van der Waals surface area contributed by atoms with Crippen molar-refractivity contribution in [2.75, 3.05) is 0 Å². The summed E-state index contributed by atoms with van der Waals surface area (Å²) in [6, 6.07) is 0. The van der Waals surface area contributed by atoms with E-state index >= 15 is 0 Å². The predicted molar refractivity (Wildman–Crippen MR) is 38.5 cm³/mol. The van der Waals surface area contributed by atoms with Gasteiger partial charge in [0.2, 0.25) is 0 Å². The standard InChI is InChI=1S/C5H7IO/c1-4(6)3-5(2)7/h3H,1-2H3/b4-3+. The van der Waals surface area contributed by atoms with Gasteiger partial charge in [-0.15, -0.1) is 0 Å². The van der Waals surface area contributed by atoms with Gasteiger partial charge < -0.3 is 0 Å². The molecule has 0 aromatic rings. The molecular weight excluding hydrogens is 203 g/mol. The molecule has 7 heavy (non-hydrogen) atoms. The van der Waals surface area contributed by atoms with Gasteiger partial charge in [0.15, 0.2) is 5.78 Å². The van der Waals surface area contributed by atoms with Gasteiger partial charge >= 0.3 is 0 Å². The van der Waals surface area contributed by atoms with E-state index in [9.17, 15) is 4.79 Å². The third-order valence-corrected chi connectivity index (χ3v) is 0.714. The van der Waals surface area contributed by atoms with E-state index in [2.05, 4.69) is 22.6 Å². The molecule has 0 amide bonds. The summed E-state index contributed by atoms with van der Waals surface area (Å²) in [4.78, 5) is 10.2. The molecule has 0 radical (unpaired) electrons. The Balaban J connectivity index is 3.68. The maximum absolute atomic E-state index is 10.2. The van der Waals surface area contributed by atoms with Crippen molar-refractivity contribution in [1.82, 2.24) is 0 Å². The van der Waals surface area contributed by atoms with E-state index in [4.69, 9.17) is 0 Å². The van der Waals surface area contributed by atoms with E-state index in [1.165, 1.54) is 0 Å². The van der Waals surface area contributed by atoms with Gasteiger partial charge in [-0.3, -0.25) is 4.79 Å². The number of carbonyl (C=O) groups is 1. The van der Waals surface area contributed by atoms with E-state index in [0.717, 1.165) is 3.58 Å². The number of halogens is 1. The van der Waals surface area contributed by atoms with Gasteiger partial charge in [0.1, 0.15) is 0 Å². The maximum atomic E-state index is 10.2. The smallest absolute Gasteiger partial charge is 0.153 e. The number of hydrogen-bond donors (Lipinski definition) is 0. The number of rotatable bonds is 1. The predicted octanol–water partition coefficient (Wildman–Crippen LogP) is 1.91. The fraction of sp³-hybridized carbons (Fsp3) is 0.400. The molecule has 0 rings (SSSR count). The van der Waals surface area contributed by atoms with Gasteiger partial charge in [0.05, 0.1) is 0 Å². The summed E-state index contributed by atoms with van der Waals surface area (Å²) in [5, 5.41) is 0. The van der Waals surface area contributed by atoms with Crippen molar-refractivity contribution in [3.63, 3.8) is 0 Å². The maximum Gasteiger partial charge on any atom is 0.153 e. The van der Waals surface area contributed by atoms with Gasteiger partial charge in [-0.25, -0.2) is 0 Å². The summed E-state index contributed by atoms with van der Waals surface area (Å²) in [6.07, 6.45) is 1.60. The highest BCUT2D eigenvalue weighted by atomic mass is 127. The molecule has 0 fully saturated rings. The van der Waals surface area contributed by atoms with Crippen LogP contribution in [0.25, 0.3) is 0 Å². The molecule has 0 spiro atoms. The van der Waals surface area contributed by atoms with Crippen LogP contribution in [-0.2, 0) is 4.79 Å². The Bertz CT molecular complexity index is 101. The van der Waals surface area contributed by atoms with E-state index in [1.54, 1.807) is 13.0 Å². The monoisotopic (exact) mass is 210 g/mol. The lowest BCUT2D eigenvalue weighted by Gasteiger charge is -1.78. The van der Waals surface area contributed by atoms with E-state index < -0.39 is 0 Å². The molecule has 1 nitrogen and oxygen atoms in total. The fourth-order valence-electron chi connectivity index (χ4n) is 0.280. The molecule has 2 heteroatoms. The van der Waals surface area contributed by atoms with Crippen molar-refractivity contribution in [1.29, 1.82) is 0 Å². The number of hydrogen-bond acceptors (Lipinski definition) is 1. The van der Waals surface area contributed by atoms with Crippen LogP contribution in [0.2, 0.25) is 0 Å². The van der Waals surface area contributed by atoms with Crippen LogP contribution in [0.4, 0.5) is 0 Å². The SMILES string of the molecule is CC(=O)/C=C(\C)I. The third-order valence-electron chi connectivity index (χ3n) is 0.402. The Morgan fingerprint density at radius 2 is 2.00 bits per heavy atom. The molecule has 0 saturated carbocycles. The minimum absolute atomic E-state index is 0.118. The van der Waals surface area contributed by atoms with Crippen molar-refractivity contribution < 1.29 is 4.79 Å². The molecule has 0 aromatic heterocycles. The topological polar surface area (TPSA) is 17.1 Å². The molecule has 0 aliphatic heterocycles. The summed E-state index contributed by atoms with van der Waals surface area (Å²) in [5.74, 6) is 0.118. The van der Waals surface area contributed by atoms with Crippen LogP contribution in [0.15, 0.2) is 9.66 Å². The largest absolute Gasteiger partial charge is 0.295 e. The number of allylic oxidation sites excluding steroid dienone is 2. The highest BCUT2D eigenvalue weighted by Gasteiger charge is 1.82. The highest BCUT2D eigenvalue weighted by Crippen LogP contribution is 2.01. The lowest BCUT2D eigenvalue weighted by molar-refractivity contribution is -0.112. The Hall–Kier alpha value is 0.140. The summed E-state index contributed by atoms with van der Waals surface area (Å²) in [6.45, 7) is 3.43. The first-order valence-corrected chi connectivity index (χ1v) is 3.05. The van der Waals surface area contributed by atoms with Crippen LogP contribution in [0.5, 0.6) is 0 Å². The summed E-state index contributed by atoms with van der Waals surface area (Å²) >= 11 is 2.10. The van der Waals surface area contributed by atoms with Crippen LogP contribution in [-0.4, -0.2) is 5.78 Å². The quantitative estimate of drug-likeness (QED) is 0.477. The molecule has 0 aliphatic rings. The lowest BCUT2D eigenvalue weighted by atomic mass is 10.4. The average Bonchev–Trinajstić information content (AvgIpc) is 1.27. The molecule has 0 N–H and O–H groups in total. The van der Waals surface area contributed by atoms with Gasteiger partial charge in [-0.05, 0) is 46.1 Å². The molecule has 0 saturated heterocycles. The second kappa shape index (κ2) is 3.18. The molecule has 0 aliphatic carbocycles. The second-order valence-corrected chi connectivity index (χ2v) is 3.04. The lowest BCUT2D eigenvalue weighted by Crippen LogP contribution is -1.78. The Kier molecular flexibility index (Phi) is 3.25. The zero-order valence-corrected chi connectivity index (χ0v) is 6.52. The van der Waals surface area contributed by atoms with Gasteiger partial charge in [-0.1, -0.05) is 0 Å². The normalized spacial score (nSPS) is 11.6. The van der Waals surface area contributed by atoms with E-state index in [0.29, 0.717) is 0 Å². The molecular formula is C5H7IO. The minimum Gasteiger partial charge on any atom is -0.295 e. The van der Waals surface area contributed by atoms with Crippen molar-refractivity contribution in [3.8, 4) is 0 Å². The fourth-order valence-corrected chi connectivity index (χ4v) is 0.719. The zero-order chi connectivity index (χ0) is 5.86. The first-order chi connectivity index (χ1) is 3.13.